The van der Waals surface area contributed by atoms with E-state index in [1.54, 1.807) is 23.6 Å². The molecule has 2 aromatic heterocycles. The van der Waals surface area contributed by atoms with Gasteiger partial charge < -0.3 is 9.80 Å². The largest absolute Gasteiger partial charge is 0.353 e. The van der Waals surface area contributed by atoms with Gasteiger partial charge in [-0.2, -0.15) is 0 Å². The molecule has 1 aliphatic heterocycles. The van der Waals surface area contributed by atoms with Crippen molar-refractivity contribution in [1.29, 1.82) is 0 Å². The van der Waals surface area contributed by atoms with E-state index in [1.165, 1.54) is 6.42 Å². The van der Waals surface area contributed by atoms with Crippen molar-refractivity contribution in [2.75, 3.05) is 25.0 Å². The molecule has 24 heavy (non-hydrogen) atoms. The number of nitrogens with zero attached hydrogens (tertiary/aromatic N) is 4. The first-order valence-electron chi connectivity index (χ1n) is 8.11. The van der Waals surface area contributed by atoms with Crippen molar-refractivity contribution in [3.63, 3.8) is 0 Å². The summed E-state index contributed by atoms with van der Waals surface area (Å²) in [6, 6.07) is 1.73. The molecular formula is C17H21ClN4OS. The van der Waals surface area contributed by atoms with Crippen molar-refractivity contribution in [3.05, 3.63) is 38.9 Å². The Labute approximate surface area is 151 Å². The van der Waals surface area contributed by atoms with Crippen LogP contribution in [0.2, 0.25) is 5.02 Å². The minimum atomic E-state index is 0.0217. The standard InChI is InChI=1S/C17H21ClN4OS/c1-12-20-14(11-24-12)10-21(2)16-15(18)8-13(9-19-16)17(23)22-6-4-3-5-7-22/h8-9,11H,3-7,10H2,1-2H3. The van der Waals surface area contributed by atoms with Gasteiger partial charge in [0.15, 0.2) is 0 Å². The van der Waals surface area contributed by atoms with Crippen LogP contribution in [0.4, 0.5) is 5.82 Å². The van der Waals surface area contributed by atoms with E-state index in [4.69, 9.17) is 11.6 Å². The number of anilines is 1. The number of amides is 1. The van der Waals surface area contributed by atoms with Gasteiger partial charge in [-0.15, -0.1) is 11.3 Å². The van der Waals surface area contributed by atoms with Crippen molar-refractivity contribution in [2.45, 2.75) is 32.7 Å². The van der Waals surface area contributed by atoms with E-state index >= 15 is 0 Å². The third-order valence-corrected chi connectivity index (χ3v) is 5.24. The van der Waals surface area contributed by atoms with Crippen LogP contribution in [0.1, 0.15) is 40.3 Å². The number of piperidine rings is 1. The number of halogens is 1. The van der Waals surface area contributed by atoms with Crippen LogP contribution < -0.4 is 4.90 Å². The van der Waals surface area contributed by atoms with E-state index in [2.05, 4.69) is 9.97 Å². The molecule has 0 aliphatic carbocycles. The van der Waals surface area contributed by atoms with E-state index in [1.807, 2.05) is 29.2 Å². The van der Waals surface area contributed by atoms with Crippen molar-refractivity contribution < 1.29 is 4.79 Å². The van der Waals surface area contributed by atoms with E-state index < -0.39 is 0 Å². The summed E-state index contributed by atoms with van der Waals surface area (Å²) in [5.74, 6) is 0.686. The number of rotatable bonds is 4. The molecule has 0 bridgehead atoms. The number of carbonyl (C=O) groups excluding carboxylic acids is 1. The first-order valence-corrected chi connectivity index (χ1v) is 9.37. The fraction of sp³-hybridized carbons (Fsp3) is 0.471. The highest BCUT2D eigenvalue weighted by atomic mass is 35.5. The van der Waals surface area contributed by atoms with Crippen LogP contribution in [0.3, 0.4) is 0 Å². The van der Waals surface area contributed by atoms with Gasteiger partial charge in [0.05, 0.1) is 27.8 Å². The molecule has 1 fully saturated rings. The highest BCUT2D eigenvalue weighted by molar-refractivity contribution is 7.09. The van der Waals surface area contributed by atoms with Gasteiger partial charge in [-0.3, -0.25) is 4.79 Å². The van der Waals surface area contributed by atoms with Crippen LogP contribution in [0.5, 0.6) is 0 Å². The van der Waals surface area contributed by atoms with Crippen LogP contribution in [0, 0.1) is 6.92 Å². The van der Waals surface area contributed by atoms with Crippen molar-refractivity contribution >= 4 is 34.7 Å². The average Bonchev–Trinajstić information content (AvgIpc) is 2.99. The maximum absolute atomic E-state index is 12.5. The van der Waals surface area contributed by atoms with Crippen molar-refractivity contribution in [3.8, 4) is 0 Å². The Morgan fingerprint density at radius 2 is 2.12 bits per heavy atom. The molecule has 0 unspecified atom stereocenters. The summed E-state index contributed by atoms with van der Waals surface area (Å²) in [6.07, 6.45) is 4.96. The number of thiazole rings is 1. The summed E-state index contributed by atoms with van der Waals surface area (Å²) in [5, 5.41) is 3.57. The van der Waals surface area contributed by atoms with Crippen molar-refractivity contribution in [2.24, 2.45) is 0 Å². The lowest BCUT2D eigenvalue weighted by atomic mass is 10.1. The fourth-order valence-electron chi connectivity index (χ4n) is 2.91. The van der Waals surface area contributed by atoms with Crippen LogP contribution >= 0.6 is 22.9 Å². The second-order valence-electron chi connectivity index (χ2n) is 6.10. The van der Waals surface area contributed by atoms with E-state index in [9.17, 15) is 4.79 Å². The SMILES string of the molecule is Cc1nc(CN(C)c2ncc(C(=O)N3CCCCC3)cc2Cl)cs1. The zero-order valence-corrected chi connectivity index (χ0v) is 15.5. The fourth-order valence-corrected chi connectivity index (χ4v) is 3.82. The van der Waals surface area contributed by atoms with Gasteiger partial charge in [0, 0.05) is 31.7 Å². The van der Waals surface area contributed by atoms with Gasteiger partial charge in [-0.05, 0) is 32.3 Å². The van der Waals surface area contributed by atoms with Crippen molar-refractivity contribution in [1.82, 2.24) is 14.9 Å². The summed E-state index contributed by atoms with van der Waals surface area (Å²) in [5.41, 5.74) is 1.55. The summed E-state index contributed by atoms with van der Waals surface area (Å²) in [7, 11) is 1.93. The molecule has 1 amide bonds. The maximum Gasteiger partial charge on any atom is 0.255 e. The molecule has 0 aromatic carbocycles. The van der Waals surface area contributed by atoms with Crippen LogP contribution in [-0.4, -0.2) is 40.9 Å². The van der Waals surface area contributed by atoms with E-state index in [0.717, 1.165) is 36.6 Å². The minimum Gasteiger partial charge on any atom is -0.353 e. The quantitative estimate of drug-likeness (QED) is 0.828. The van der Waals surface area contributed by atoms with E-state index in [0.29, 0.717) is 22.9 Å². The lowest BCUT2D eigenvalue weighted by Crippen LogP contribution is -2.35. The lowest BCUT2D eigenvalue weighted by molar-refractivity contribution is 0.0724. The molecule has 0 radical (unpaired) electrons. The average molecular weight is 365 g/mol. The number of aryl methyl sites for hydroxylation is 1. The summed E-state index contributed by atoms with van der Waals surface area (Å²) in [4.78, 5) is 25.2. The first-order chi connectivity index (χ1) is 11.5. The molecule has 128 valence electrons. The second-order valence-corrected chi connectivity index (χ2v) is 7.57. The number of hydrogen-bond donors (Lipinski definition) is 0. The molecule has 7 heteroatoms. The Morgan fingerprint density at radius 1 is 1.38 bits per heavy atom. The third-order valence-electron chi connectivity index (χ3n) is 4.14. The predicted octanol–water partition coefficient (Wildman–Crippen LogP) is 3.76. The Balaban J connectivity index is 1.72. The Bertz CT molecular complexity index is 727. The zero-order valence-electron chi connectivity index (χ0n) is 14.0. The van der Waals surface area contributed by atoms with Gasteiger partial charge in [-0.1, -0.05) is 11.6 Å². The maximum atomic E-state index is 12.5. The number of likely N-dealkylation sites (tertiary alicyclic amines) is 1. The Kier molecular flexibility index (Phi) is 5.36. The molecule has 0 atom stereocenters. The lowest BCUT2D eigenvalue weighted by Gasteiger charge is -2.27. The molecule has 3 rings (SSSR count). The predicted molar refractivity (Wildman–Crippen MR) is 98.0 cm³/mol. The highest BCUT2D eigenvalue weighted by Crippen LogP contribution is 2.25. The third kappa shape index (κ3) is 3.87. The monoisotopic (exact) mass is 364 g/mol. The highest BCUT2D eigenvalue weighted by Gasteiger charge is 2.20. The van der Waals surface area contributed by atoms with Gasteiger partial charge in [0.25, 0.3) is 5.91 Å². The molecule has 3 heterocycles. The normalized spacial score (nSPS) is 14.7. The zero-order chi connectivity index (χ0) is 17.1. The molecule has 1 aliphatic rings. The van der Waals surface area contributed by atoms with Crippen LogP contribution in [0.15, 0.2) is 17.6 Å². The van der Waals surface area contributed by atoms with Gasteiger partial charge in [0.2, 0.25) is 0 Å². The topological polar surface area (TPSA) is 49.3 Å². The molecule has 1 saturated heterocycles. The number of carbonyl (C=O) groups is 1. The molecule has 2 aromatic rings. The molecule has 5 nitrogen and oxygen atoms in total. The molecule has 0 N–H and O–H groups in total. The van der Waals surface area contributed by atoms with Gasteiger partial charge >= 0.3 is 0 Å². The first kappa shape index (κ1) is 17.2. The minimum absolute atomic E-state index is 0.0217. The van der Waals surface area contributed by atoms with E-state index in [-0.39, 0.29) is 5.91 Å². The molecular weight excluding hydrogens is 344 g/mol. The van der Waals surface area contributed by atoms with Gasteiger partial charge in [0.1, 0.15) is 5.82 Å². The van der Waals surface area contributed by atoms with Crippen LogP contribution in [-0.2, 0) is 6.54 Å². The number of hydrogen-bond acceptors (Lipinski definition) is 5. The Morgan fingerprint density at radius 3 is 2.75 bits per heavy atom. The Hall–Kier alpha value is -1.66. The van der Waals surface area contributed by atoms with Gasteiger partial charge in [-0.25, -0.2) is 9.97 Å². The summed E-state index contributed by atoms with van der Waals surface area (Å²) >= 11 is 8.01. The molecule has 0 spiro atoms. The second kappa shape index (κ2) is 7.49. The summed E-state index contributed by atoms with van der Waals surface area (Å²) < 4.78 is 0. The summed E-state index contributed by atoms with van der Waals surface area (Å²) in [6.45, 7) is 4.26. The number of pyridine rings is 1. The molecule has 0 saturated carbocycles. The van der Waals surface area contributed by atoms with Crippen LogP contribution in [0.25, 0.3) is 0 Å². The smallest absolute Gasteiger partial charge is 0.255 e. The number of aromatic nitrogens is 2.